The summed E-state index contributed by atoms with van der Waals surface area (Å²) in [5.74, 6) is 1.84. The predicted octanol–water partition coefficient (Wildman–Crippen LogP) is 3.48. The normalized spacial score (nSPS) is 10.8. The predicted molar refractivity (Wildman–Crippen MR) is 111 cm³/mol. The number of benzene rings is 1. The van der Waals surface area contributed by atoms with E-state index in [4.69, 9.17) is 16.6 Å². The van der Waals surface area contributed by atoms with E-state index in [1.165, 1.54) is 12.1 Å². The lowest BCUT2D eigenvalue weighted by Crippen LogP contribution is -2.43. The number of rotatable bonds is 9. The maximum atomic E-state index is 10.7. The Bertz CT molecular complexity index is 764. The molecular formula is C17H23N5O3S2. The van der Waals surface area contributed by atoms with E-state index in [1.54, 1.807) is 23.9 Å². The highest BCUT2D eigenvalue weighted by molar-refractivity contribution is 7.98. The van der Waals surface area contributed by atoms with Crippen LogP contribution in [0.3, 0.4) is 0 Å². The first-order valence-electron chi connectivity index (χ1n) is 8.53. The minimum atomic E-state index is -0.448. The number of nitrogens with zero attached hydrogens (tertiary/aromatic N) is 4. The van der Waals surface area contributed by atoms with Gasteiger partial charge in [0.25, 0.3) is 5.69 Å². The molecule has 0 bridgehead atoms. The van der Waals surface area contributed by atoms with Crippen LogP contribution < -0.4 is 5.32 Å². The van der Waals surface area contributed by atoms with Crippen molar-refractivity contribution in [3.63, 3.8) is 0 Å². The summed E-state index contributed by atoms with van der Waals surface area (Å²) in [6, 6.07) is 6.17. The Balaban J connectivity index is 2.02. The maximum Gasteiger partial charge on any atom is 0.269 e. The lowest BCUT2D eigenvalue weighted by atomic mass is 10.2. The maximum absolute atomic E-state index is 10.7. The molecule has 0 unspecified atom stereocenters. The second-order valence-corrected chi connectivity index (χ2v) is 7.48. The van der Waals surface area contributed by atoms with Gasteiger partial charge in [-0.15, -0.1) is 10.2 Å². The van der Waals surface area contributed by atoms with Crippen molar-refractivity contribution in [2.75, 3.05) is 18.6 Å². The quantitative estimate of drug-likeness (QED) is 0.289. The Kier molecular flexibility index (Phi) is 7.99. The lowest BCUT2D eigenvalue weighted by molar-refractivity contribution is -0.384. The highest BCUT2D eigenvalue weighted by Crippen LogP contribution is 2.22. The van der Waals surface area contributed by atoms with Crippen molar-refractivity contribution in [1.82, 2.24) is 20.4 Å². The molecule has 1 N–H and O–H groups in total. The van der Waals surface area contributed by atoms with Gasteiger partial charge in [0.05, 0.1) is 11.5 Å². The summed E-state index contributed by atoms with van der Waals surface area (Å²) in [7, 11) is 0. The molecule has 0 aliphatic carbocycles. The monoisotopic (exact) mass is 409 g/mol. The van der Waals surface area contributed by atoms with Gasteiger partial charge < -0.3 is 14.6 Å². The van der Waals surface area contributed by atoms with Gasteiger partial charge in [-0.25, -0.2) is 0 Å². The number of nitro benzene ring substituents is 1. The topological polar surface area (TPSA) is 97.3 Å². The summed E-state index contributed by atoms with van der Waals surface area (Å²) in [6.07, 6.45) is 3.12. The summed E-state index contributed by atoms with van der Waals surface area (Å²) in [5.41, 5.74) is 0.649. The van der Waals surface area contributed by atoms with Gasteiger partial charge >= 0.3 is 0 Å². The van der Waals surface area contributed by atoms with Gasteiger partial charge in [-0.2, -0.15) is 11.8 Å². The Morgan fingerprint density at radius 2 is 2.07 bits per heavy atom. The second-order valence-electron chi connectivity index (χ2n) is 6.10. The molecule has 0 atom stereocenters. The van der Waals surface area contributed by atoms with Crippen LogP contribution in [0.5, 0.6) is 0 Å². The summed E-state index contributed by atoms with van der Waals surface area (Å²) in [4.78, 5) is 12.3. The lowest BCUT2D eigenvalue weighted by Gasteiger charge is -2.28. The average Bonchev–Trinajstić information content (AvgIpc) is 3.11. The molecule has 27 heavy (non-hydrogen) atoms. The number of thiocarbonyl (C=S) groups is 1. The van der Waals surface area contributed by atoms with E-state index in [2.05, 4.69) is 21.8 Å². The molecule has 0 amide bonds. The number of nitrogens with one attached hydrogen (secondary N) is 1. The standard InChI is InChI=1S/C17H23N5O3S2/c1-12(2)21(17(26)18-9-4-10-27-3)11-15-19-20-16(25-15)13-5-7-14(8-6-13)22(23)24/h5-8,12H,4,9-11H2,1-3H3,(H,18,26). The van der Waals surface area contributed by atoms with Crippen molar-refractivity contribution in [3.05, 3.63) is 40.3 Å². The molecule has 146 valence electrons. The summed E-state index contributed by atoms with van der Waals surface area (Å²) < 4.78 is 5.72. The van der Waals surface area contributed by atoms with Crippen molar-refractivity contribution >= 4 is 34.8 Å². The average molecular weight is 410 g/mol. The van der Waals surface area contributed by atoms with Crippen LogP contribution in [0.2, 0.25) is 0 Å². The first-order valence-corrected chi connectivity index (χ1v) is 10.3. The zero-order valence-corrected chi connectivity index (χ0v) is 17.2. The Labute approximate surface area is 167 Å². The Morgan fingerprint density at radius 3 is 2.67 bits per heavy atom. The molecule has 2 aromatic rings. The van der Waals surface area contributed by atoms with Crippen molar-refractivity contribution < 1.29 is 9.34 Å². The molecule has 1 aromatic heterocycles. The molecule has 10 heteroatoms. The van der Waals surface area contributed by atoms with Crippen molar-refractivity contribution in [3.8, 4) is 11.5 Å². The highest BCUT2D eigenvalue weighted by Gasteiger charge is 2.18. The number of non-ortho nitro benzene ring substituents is 1. The zero-order valence-electron chi connectivity index (χ0n) is 15.5. The van der Waals surface area contributed by atoms with Crippen molar-refractivity contribution in [1.29, 1.82) is 0 Å². The third-order valence-electron chi connectivity index (χ3n) is 3.78. The van der Waals surface area contributed by atoms with Crippen LogP contribution >= 0.6 is 24.0 Å². The van der Waals surface area contributed by atoms with Crippen LogP contribution in [-0.4, -0.2) is 49.7 Å². The first kappa shape index (κ1) is 21.1. The third kappa shape index (κ3) is 6.17. The zero-order chi connectivity index (χ0) is 19.8. The van der Waals surface area contributed by atoms with E-state index in [0.29, 0.717) is 29.0 Å². The van der Waals surface area contributed by atoms with Crippen LogP contribution in [0.25, 0.3) is 11.5 Å². The fourth-order valence-corrected chi connectivity index (χ4v) is 3.12. The van der Waals surface area contributed by atoms with Crippen molar-refractivity contribution in [2.45, 2.75) is 32.9 Å². The Hall–Kier alpha value is -2.20. The van der Waals surface area contributed by atoms with Crippen LogP contribution in [0.1, 0.15) is 26.2 Å². The van der Waals surface area contributed by atoms with E-state index in [-0.39, 0.29) is 11.7 Å². The molecule has 0 aliphatic rings. The van der Waals surface area contributed by atoms with Gasteiger partial charge in [0.2, 0.25) is 11.8 Å². The van der Waals surface area contributed by atoms with Gasteiger partial charge in [0, 0.05) is 30.3 Å². The Morgan fingerprint density at radius 1 is 1.37 bits per heavy atom. The molecule has 0 fully saturated rings. The van der Waals surface area contributed by atoms with Crippen molar-refractivity contribution in [2.24, 2.45) is 0 Å². The van der Waals surface area contributed by atoms with Gasteiger partial charge in [0.15, 0.2) is 5.11 Å². The van der Waals surface area contributed by atoms with Crippen LogP contribution in [-0.2, 0) is 6.54 Å². The molecular weight excluding hydrogens is 386 g/mol. The summed E-state index contributed by atoms with van der Waals surface area (Å²) in [5, 5.41) is 22.8. The number of hydrogen-bond acceptors (Lipinski definition) is 7. The SMILES string of the molecule is CSCCCNC(=S)N(Cc1nnc(-c2ccc([N+](=O)[O-])cc2)o1)C(C)C. The van der Waals surface area contributed by atoms with E-state index in [0.717, 1.165) is 18.7 Å². The largest absolute Gasteiger partial charge is 0.419 e. The molecule has 2 rings (SSSR count). The van der Waals surface area contributed by atoms with Gasteiger partial charge in [0.1, 0.15) is 0 Å². The fraction of sp³-hybridized carbons (Fsp3) is 0.471. The molecule has 8 nitrogen and oxygen atoms in total. The summed E-state index contributed by atoms with van der Waals surface area (Å²) in [6.45, 7) is 5.31. The van der Waals surface area contributed by atoms with Gasteiger partial charge in [-0.1, -0.05) is 0 Å². The number of aromatic nitrogens is 2. The van der Waals surface area contributed by atoms with Crippen LogP contribution in [0.15, 0.2) is 28.7 Å². The summed E-state index contributed by atoms with van der Waals surface area (Å²) >= 11 is 7.30. The highest BCUT2D eigenvalue weighted by atomic mass is 32.2. The molecule has 0 aliphatic heterocycles. The molecule has 1 aromatic carbocycles. The van der Waals surface area contributed by atoms with Gasteiger partial charge in [-0.05, 0) is 56.6 Å². The minimum absolute atomic E-state index is 0.0161. The molecule has 0 radical (unpaired) electrons. The minimum Gasteiger partial charge on any atom is -0.419 e. The van der Waals surface area contributed by atoms with Crippen LogP contribution in [0.4, 0.5) is 5.69 Å². The molecule has 1 heterocycles. The number of nitro groups is 1. The number of hydrogen-bond donors (Lipinski definition) is 1. The fourth-order valence-electron chi connectivity index (χ4n) is 2.31. The van der Waals surface area contributed by atoms with Gasteiger partial charge in [-0.3, -0.25) is 10.1 Å². The third-order valence-corrected chi connectivity index (χ3v) is 4.86. The molecule has 0 spiro atoms. The van der Waals surface area contributed by atoms with E-state index < -0.39 is 4.92 Å². The van der Waals surface area contributed by atoms with E-state index in [9.17, 15) is 10.1 Å². The first-order chi connectivity index (χ1) is 12.9. The smallest absolute Gasteiger partial charge is 0.269 e. The molecule has 0 saturated heterocycles. The molecule has 0 saturated carbocycles. The van der Waals surface area contributed by atoms with E-state index in [1.807, 2.05) is 18.7 Å². The second kappa shape index (κ2) is 10.2. The number of thioether (sulfide) groups is 1. The van der Waals surface area contributed by atoms with E-state index >= 15 is 0 Å². The van der Waals surface area contributed by atoms with Crippen LogP contribution in [0, 0.1) is 10.1 Å².